The SMILES string of the molecule is CC[C@@H](C(=O)NCC(C)C)N(Cc1ccccc1C)C(=O)CN(c1ccc(C(C)C)cc1)S(=O)(=O)c1ccccc1. The number of nitrogens with zero attached hydrogens (tertiary/aromatic N) is 2. The molecule has 0 saturated carbocycles. The zero-order valence-corrected chi connectivity index (χ0v) is 25.8. The fraction of sp³-hybridized carbons (Fsp3) is 0.394. The summed E-state index contributed by atoms with van der Waals surface area (Å²) in [6, 6.07) is 22.3. The highest BCUT2D eigenvalue weighted by molar-refractivity contribution is 7.92. The number of anilines is 1. The molecule has 0 bridgehead atoms. The number of amides is 2. The standard InChI is InChI=1S/C33H43N3O4S/c1-7-31(33(38)34-21-24(2)3)35(22-28-14-12-11-13-26(28)6)32(37)23-36(29-19-17-27(18-20-29)25(4)5)41(39,40)30-15-9-8-10-16-30/h8-20,24-25,31H,7,21-23H2,1-6H3,(H,34,38)/t31-/m0/s1. The zero-order chi connectivity index (χ0) is 30.2. The highest BCUT2D eigenvalue weighted by Crippen LogP contribution is 2.27. The van der Waals surface area contributed by atoms with E-state index < -0.39 is 28.5 Å². The molecule has 3 rings (SSSR count). The van der Waals surface area contributed by atoms with Crippen LogP contribution in [0.4, 0.5) is 5.69 Å². The Balaban J connectivity index is 2.06. The maximum atomic E-state index is 14.2. The van der Waals surface area contributed by atoms with Gasteiger partial charge in [-0.2, -0.15) is 0 Å². The Morgan fingerprint density at radius 1 is 0.854 bits per heavy atom. The highest BCUT2D eigenvalue weighted by atomic mass is 32.2. The lowest BCUT2D eigenvalue weighted by Gasteiger charge is -2.33. The first-order chi connectivity index (χ1) is 19.4. The van der Waals surface area contributed by atoms with E-state index in [0.717, 1.165) is 21.0 Å². The Kier molecular flexibility index (Phi) is 11.1. The van der Waals surface area contributed by atoms with E-state index in [1.54, 1.807) is 30.3 Å². The van der Waals surface area contributed by atoms with E-state index in [2.05, 4.69) is 19.2 Å². The lowest BCUT2D eigenvalue weighted by atomic mass is 10.0. The summed E-state index contributed by atoms with van der Waals surface area (Å²) in [4.78, 5) is 29.1. The molecule has 0 spiro atoms. The summed E-state index contributed by atoms with van der Waals surface area (Å²) in [6.45, 7) is 12.2. The van der Waals surface area contributed by atoms with Crippen LogP contribution in [0.15, 0.2) is 83.8 Å². The molecule has 7 nitrogen and oxygen atoms in total. The average Bonchev–Trinajstić information content (AvgIpc) is 2.96. The van der Waals surface area contributed by atoms with Crippen LogP contribution in [-0.4, -0.2) is 44.3 Å². The molecule has 8 heteroatoms. The van der Waals surface area contributed by atoms with Gasteiger partial charge in [-0.1, -0.05) is 89.2 Å². The molecule has 0 aliphatic heterocycles. The Bertz CT molecular complexity index is 1400. The number of hydrogen-bond donors (Lipinski definition) is 1. The molecule has 1 atom stereocenters. The fourth-order valence-electron chi connectivity index (χ4n) is 4.59. The molecule has 3 aromatic carbocycles. The summed E-state index contributed by atoms with van der Waals surface area (Å²) in [7, 11) is -4.09. The van der Waals surface area contributed by atoms with Gasteiger partial charge in [0, 0.05) is 13.1 Å². The van der Waals surface area contributed by atoms with Crippen molar-refractivity contribution < 1.29 is 18.0 Å². The van der Waals surface area contributed by atoms with Crippen molar-refractivity contribution in [2.75, 3.05) is 17.4 Å². The number of carbonyl (C=O) groups is 2. The van der Waals surface area contributed by atoms with Crippen LogP contribution in [0, 0.1) is 12.8 Å². The fourth-order valence-corrected chi connectivity index (χ4v) is 6.02. The first-order valence-electron chi connectivity index (χ1n) is 14.2. The van der Waals surface area contributed by atoms with E-state index >= 15 is 0 Å². The minimum absolute atomic E-state index is 0.0907. The van der Waals surface area contributed by atoms with E-state index in [1.165, 1.54) is 17.0 Å². The van der Waals surface area contributed by atoms with E-state index in [1.807, 2.05) is 64.1 Å². The summed E-state index contributed by atoms with van der Waals surface area (Å²) in [5.41, 5.74) is 3.33. The van der Waals surface area contributed by atoms with Crippen molar-refractivity contribution >= 4 is 27.5 Å². The summed E-state index contributed by atoms with van der Waals surface area (Å²) in [5.74, 6) is -0.185. The molecule has 41 heavy (non-hydrogen) atoms. The van der Waals surface area contributed by atoms with Gasteiger partial charge in [0.1, 0.15) is 12.6 Å². The van der Waals surface area contributed by atoms with Crippen LogP contribution in [0.25, 0.3) is 0 Å². The third kappa shape index (κ3) is 8.19. The number of sulfonamides is 1. The lowest BCUT2D eigenvalue weighted by Crippen LogP contribution is -2.52. The average molecular weight is 578 g/mol. The van der Waals surface area contributed by atoms with E-state index in [4.69, 9.17) is 0 Å². The highest BCUT2D eigenvalue weighted by Gasteiger charge is 2.33. The van der Waals surface area contributed by atoms with Gasteiger partial charge < -0.3 is 10.2 Å². The molecular weight excluding hydrogens is 534 g/mol. The van der Waals surface area contributed by atoms with Crippen molar-refractivity contribution in [2.45, 2.75) is 71.4 Å². The maximum Gasteiger partial charge on any atom is 0.264 e. The predicted molar refractivity (Wildman–Crippen MR) is 165 cm³/mol. The van der Waals surface area contributed by atoms with Crippen LogP contribution in [0.1, 0.15) is 63.6 Å². The molecule has 0 saturated heterocycles. The Hall–Kier alpha value is -3.65. The van der Waals surface area contributed by atoms with Crippen molar-refractivity contribution in [2.24, 2.45) is 5.92 Å². The number of nitrogens with one attached hydrogen (secondary N) is 1. The van der Waals surface area contributed by atoms with Gasteiger partial charge in [-0.25, -0.2) is 8.42 Å². The molecule has 2 amide bonds. The molecule has 0 aliphatic rings. The third-order valence-corrected chi connectivity index (χ3v) is 8.92. The second-order valence-corrected chi connectivity index (χ2v) is 12.9. The molecule has 0 radical (unpaired) electrons. The molecule has 0 heterocycles. The van der Waals surface area contributed by atoms with Crippen molar-refractivity contribution in [3.05, 3.63) is 95.6 Å². The number of aryl methyl sites for hydroxylation is 1. The molecule has 0 unspecified atom stereocenters. The van der Waals surface area contributed by atoms with Crippen LogP contribution in [0.2, 0.25) is 0 Å². The van der Waals surface area contributed by atoms with Crippen molar-refractivity contribution in [3.8, 4) is 0 Å². The van der Waals surface area contributed by atoms with Crippen LogP contribution in [-0.2, 0) is 26.2 Å². The van der Waals surface area contributed by atoms with Gasteiger partial charge in [0.2, 0.25) is 11.8 Å². The topological polar surface area (TPSA) is 86.8 Å². The minimum Gasteiger partial charge on any atom is -0.354 e. The summed E-state index contributed by atoms with van der Waals surface area (Å²) in [6.07, 6.45) is 0.385. The van der Waals surface area contributed by atoms with Gasteiger partial charge in [-0.05, 0) is 66.1 Å². The molecular formula is C33H43N3O4S. The third-order valence-electron chi connectivity index (χ3n) is 7.13. The molecule has 3 aromatic rings. The Morgan fingerprint density at radius 2 is 1.46 bits per heavy atom. The number of hydrogen-bond acceptors (Lipinski definition) is 4. The van der Waals surface area contributed by atoms with Gasteiger partial charge >= 0.3 is 0 Å². The van der Waals surface area contributed by atoms with Gasteiger partial charge in [-0.3, -0.25) is 13.9 Å². The van der Waals surface area contributed by atoms with Crippen LogP contribution in [0.5, 0.6) is 0 Å². The quantitative estimate of drug-likeness (QED) is 0.274. The van der Waals surface area contributed by atoms with E-state index in [9.17, 15) is 18.0 Å². The molecule has 0 aliphatic carbocycles. The summed E-state index contributed by atoms with van der Waals surface area (Å²) < 4.78 is 29.0. The number of carbonyl (C=O) groups excluding carboxylic acids is 2. The first-order valence-corrected chi connectivity index (χ1v) is 15.7. The molecule has 1 N–H and O–H groups in total. The van der Waals surface area contributed by atoms with Crippen LogP contribution in [0.3, 0.4) is 0 Å². The molecule has 0 aromatic heterocycles. The molecule has 0 fully saturated rings. The van der Waals surface area contributed by atoms with E-state index in [-0.39, 0.29) is 29.2 Å². The summed E-state index contributed by atoms with van der Waals surface area (Å²) >= 11 is 0. The van der Waals surface area contributed by atoms with Crippen molar-refractivity contribution in [1.29, 1.82) is 0 Å². The Labute approximate surface area is 245 Å². The van der Waals surface area contributed by atoms with Crippen LogP contribution >= 0.6 is 0 Å². The van der Waals surface area contributed by atoms with Crippen molar-refractivity contribution in [1.82, 2.24) is 10.2 Å². The monoisotopic (exact) mass is 577 g/mol. The molecule has 220 valence electrons. The first kappa shape index (κ1) is 31.9. The largest absolute Gasteiger partial charge is 0.354 e. The van der Waals surface area contributed by atoms with E-state index in [0.29, 0.717) is 18.7 Å². The maximum absolute atomic E-state index is 14.2. The van der Waals surface area contributed by atoms with Gasteiger partial charge in [-0.15, -0.1) is 0 Å². The normalized spacial score (nSPS) is 12.3. The van der Waals surface area contributed by atoms with Crippen molar-refractivity contribution in [3.63, 3.8) is 0 Å². The predicted octanol–water partition coefficient (Wildman–Crippen LogP) is 5.89. The number of rotatable bonds is 13. The van der Waals surface area contributed by atoms with Gasteiger partial charge in [0.05, 0.1) is 10.6 Å². The second kappa shape index (κ2) is 14.3. The minimum atomic E-state index is -4.09. The summed E-state index contributed by atoms with van der Waals surface area (Å²) in [5, 5.41) is 2.96. The van der Waals surface area contributed by atoms with Gasteiger partial charge in [0.15, 0.2) is 0 Å². The zero-order valence-electron chi connectivity index (χ0n) is 25.0. The van der Waals surface area contributed by atoms with Gasteiger partial charge in [0.25, 0.3) is 10.0 Å². The van der Waals surface area contributed by atoms with Crippen LogP contribution < -0.4 is 9.62 Å². The smallest absolute Gasteiger partial charge is 0.264 e. The second-order valence-electron chi connectivity index (χ2n) is 11.1. The lowest BCUT2D eigenvalue weighted by molar-refractivity contribution is -0.140. The number of benzene rings is 3. The Morgan fingerprint density at radius 3 is 2.02 bits per heavy atom.